The molecule has 0 bridgehead atoms. The number of methoxy groups -OCH3 is 2. The van der Waals surface area contributed by atoms with Crippen LogP contribution in [0.25, 0.3) is 0 Å². The van der Waals surface area contributed by atoms with Gasteiger partial charge >= 0.3 is 0 Å². The lowest BCUT2D eigenvalue weighted by Crippen LogP contribution is -2.48. The average Bonchev–Trinajstić information content (AvgIpc) is 3.22. The van der Waals surface area contributed by atoms with Crippen LogP contribution in [0.2, 0.25) is 0 Å². The van der Waals surface area contributed by atoms with E-state index in [0.29, 0.717) is 17.1 Å². The van der Waals surface area contributed by atoms with Gasteiger partial charge in [-0.3, -0.25) is 9.69 Å². The average molecular weight is 391 g/mol. The molecule has 1 aliphatic heterocycles. The molecule has 2 atom stereocenters. The van der Waals surface area contributed by atoms with E-state index >= 15 is 0 Å². The van der Waals surface area contributed by atoms with Gasteiger partial charge in [-0.25, -0.2) is 0 Å². The maximum atomic E-state index is 12.9. The van der Waals surface area contributed by atoms with Crippen LogP contribution in [0.3, 0.4) is 0 Å². The number of rotatable bonds is 7. The molecule has 1 N–H and O–H groups in total. The summed E-state index contributed by atoms with van der Waals surface area (Å²) < 4.78 is 16.1. The van der Waals surface area contributed by atoms with Crippen LogP contribution in [0.15, 0.2) is 35.7 Å². The van der Waals surface area contributed by atoms with Gasteiger partial charge in [0.1, 0.15) is 11.5 Å². The van der Waals surface area contributed by atoms with E-state index in [2.05, 4.69) is 27.7 Å². The normalized spacial score (nSPS) is 17.1. The topological polar surface area (TPSA) is 60.0 Å². The number of morpholine rings is 1. The van der Waals surface area contributed by atoms with Gasteiger partial charge in [0.15, 0.2) is 0 Å². The molecule has 2 heterocycles. The Labute approximate surface area is 164 Å². The SMILES string of the molecule is COc1ccc(C(=O)N[C@H](C)[C@@H](c2cccs2)N2CCOCC2)c(OC)c1. The lowest BCUT2D eigenvalue weighted by molar-refractivity contribution is 0.00969. The maximum absolute atomic E-state index is 12.9. The predicted molar refractivity (Wildman–Crippen MR) is 106 cm³/mol. The first kappa shape index (κ1) is 19.7. The van der Waals surface area contributed by atoms with Crippen LogP contribution in [-0.4, -0.2) is 57.4 Å². The van der Waals surface area contributed by atoms with E-state index in [1.807, 2.05) is 6.92 Å². The summed E-state index contributed by atoms with van der Waals surface area (Å²) in [6.07, 6.45) is 0. The second-order valence-electron chi connectivity index (χ2n) is 6.44. The Morgan fingerprint density at radius 2 is 2.00 bits per heavy atom. The molecule has 146 valence electrons. The Morgan fingerprint density at radius 1 is 1.22 bits per heavy atom. The minimum Gasteiger partial charge on any atom is -0.497 e. The fourth-order valence-corrected chi connectivity index (χ4v) is 4.37. The first-order chi connectivity index (χ1) is 13.1. The summed E-state index contributed by atoms with van der Waals surface area (Å²) in [6, 6.07) is 9.44. The van der Waals surface area contributed by atoms with E-state index in [9.17, 15) is 4.79 Å². The minimum atomic E-state index is -0.156. The Bertz CT molecular complexity index is 744. The Kier molecular flexibility index (Phi) is 6.71. The van der Waals surface area contributed by atoms with Crippen molar-refractivity contribution in [1.82, 2.24) is 10.2 Å². The number of carbonyl (C=O) groups excluding carboxylic acids is 1. The summed E-state index contributed by atoms with van der Waals surface area (Å²) in [5.41, 5.74) is 0.497. The van der Waals surface area contributed by atoms with Crippen molar-refractivity contribution >= 4 is 17.2 Å². The number of ether oxygens (including phenoxy) is 3. The van der Waals surface area contributed by atoms with Gasteiger partial charge in [0.2, 0.25) is 0 Å². The Morgan fingerprint density at radius 3 is 2.63 bits per heavy atom. The lowest BCUT2D eigenvalue weighted by Gasteiger charge is -2.37. The van der Waals surface area contributed by atoms with E-state index in [-0.39, 0.29) is 18.0 Å². The molecule has 0 unspecified atom stereocenters. The third-order valence-corrected chi connectivity index (χ3v) is 5.70. The van der Waals surface area contributed by atoms with E-state index in [1.54, 1.807) is 43.8 Å². The zero-order valence-corrected chi connectivity index (χ0v) is 16.8. The minimum absolute atomic E-state index is 0.0685. The lowest BCUT2D eigenvalue weighted by atomic mass is 10.0. The maximum Gasteiger partial charge on any atom is 0.255 e. The smallest absolute Gasteiger partial charge is 0.255 e. The van der Waals surface area contributed by atoms with Gasteiger partial charge in [-0.15, -0.1) is 11.3 Å². The summed E-state index contributed by atoms with van der Waals surface area (Å²) in [5, 5.41) is 5.23. The predicted octanol–water partition coefficient (Wildman–Crippen LogP) is 2.96. The molecule has 7 heteroatoms. The number of hydrogen-bond acceptors (Lipinski definition) is 6. The number of nitrogens with zero attached hydrogens (tertiary/aromatic N) is 1. The summed E-state index contributed by atoms with van der Waals surface area (Å²) >= 11 is 1.71. The number of carbonyl (C=O) groups is 1. The Hall–Kier alpha value is -2.09. The first-order valence-corrected chi connectivity index (χ1v) is 9.90. The number of benzene rings is 1. The van der Waals surface area contributed by atoms with Gasteiger partial charge < -0.3 is 19.5 Å². The fraction of sp³-hybridized carbons (Fsp3) is 0.450. The van der Waals surface area contributed by atoms with Gasteiger partial charge in [-0.05, 0) is 30.5 Å². The van der Waals surface area contributed by atoms with Crippen molar-refractivity contribution in [3.8, 4) is 11.5 Å². The summed E-state index contributed by atoms with van der Waals surface area (Å²) in [6.45, 7) is 5.20. The van der Waals surface area contributed by atoms with E-state index in [1.165, 1.54) is 4.88 Å². The molecule has 6 nitrogen and oxygen atoms in total. The molecule has 1 aromatic heterocycles. The van der Waals surface area contributed by atoms with Crippen molar-refractivity contribution in [3.63, 3.8) is 0 Å². The molecule has 0 radical (unpaired) electrons. The molecule has 0 aliphatic carbocycles. The molecule has 1 fully saturated rings. The van der Waals surface area contributed by atoms with Crippen LogP contribution >= 0.6 is 11.3 Å². The van der Waals surface area contributed by atoms with Gasteiger partial charge in [0, 0.05) is 30.1 Å². The van der Waals surface area contributed by atoms with E-state index in [0.717, 1.165) is 26.3 Å². The quantitative estimate of drug-likeness (QED) is 0.788. The molecule has 1 amide bonds. The van der Waals surface area contributed by atoms with Crippen molar-refractivity contribution in [2.24, 2.45) is 0 Å². The van der Waals surface area contributed by atoms with Crippen LogP contribution < -0.4 is 14.8 Å². The molecule has 1 aliphatic rings. The molecule has 27 heavy (non-hydrogen) atoms. The van der Waals surface area contributed by atoms with Gasteiger partial charge in [-0.2, -0.15) is 0 Å². The van der Waals surface area contributed by atoms with E-state index < -0.39 is 0 Å². The molecular formula is C20H26N2O4S. The molecule has 3 rings (SSSR count). The molecule has 0 saturated carbocycles. The molecule has 1 saturated heterocycles. The zero-order valence-electron chi connectivity index (χ0n) is 15.9. The molecule has 2 aromatic rings. The van der Waals surface area contributed by atoms with Crippen molar-refractivity contribution in [3.05, 3.63) is 46.2 Å². The highest BCUT2D eigenvalue weighted by molar-refractivity contribution is 7.10. The van der Waals surface area contributed by atoms with Crippen molar-refractivity contribution in [2.45, 2.75) is 19.0 Å². The third kappa shape index (κ3) is 4.61. The molecular weight excluding hydrogens is 364 g/mol. The van der Waals surface area contributed by atoms with Gasteiger partial charge in [-0.1, -0.05) is 6.07 Å². The number of amides is 1. The summed E-state index contributed by atoms with van der Waals surface area (Å²) in [4.78, 5) is 16.5. The van der Waals surface area contributed by atoms with Crippen molar-refractivity contribution in [1.29, 1.82) is 0 Å². The summed E-state index contributed by atoms with van der Waals surface area (Å²) in [7, 11) is 3.14. The number of nitrogens with one attached hydrogen (secondary N) is 1. The van der Waals surface area contributed by atoms with Crippen molar-refractivity contribution in [2.75, 3.05) is 40.5 Å². The molecule has 0 spiro atoms. The highest BCUT2D eigenvalue weighted by Gasteiger charge is 2.30. The van der Waals surface area contributed by atoms with Crippen LogP contribution in [0.1, 0.15) is 28.2 Å². The fourth-order valence-electron chi connectivity index (χ4n) is 3.41. The highest BCUT2D eigenvalue weighted by atomic mass is 32.1. The highest BCUT2D eigenvalue weighted by Crippen LogP contribution is 2.30. The first-order valence-electron chi connectivity index (χ1n) is 9.02. The monoisotopic (exact) mass is 390 g/mol. The largest absolute Gasteiger partial charge is 0.497 e. The van der Waals surface area contributed by atoms with Gasteiger partial charge in [0.05, 0.1) is 39.0 Å². The van der Waals surface area contributed by atoms with E-state index in [4.69, 9.17) is 14.2 Å². The zero-order chi connectivity index (χ0) is 19.2. The van der Waals surface area contributed by atoms with Crippen LogP contribution in [0.4, 0.5) is 0 Å². The second-order valence-corrected chi connectivity index (χ2v) is 7.42. The molecule has 1 aromatic carbocycles. The number of hydrogen-bond donors (Lipinski definition) is 1. The van der Waals surface area contributed by atoms with Crippen LogP contribution in [0.5, 0.6) is 11.5 Å². The van der Waals surface area contributed by atoms with Crippen LogP contribution in [0, 0.1) is 0 Å². The third-order valence-electron chi connectivity index (χ3n) is 4.76. The Balaban J connectivity index is 1.79. The van der Waals surface area contributed by atoms with Crippen LogP contribution in [-0.2, 0) is 4.74 Å². The number of thiophene rings is 1. The summed E-state index contributed by atoms with van der Waals surface area (Å²) in [5.74, 6) is 0.996. The standard InChI is InChI=1S/C20H26N2O4S/c1-14(19(18-5-4-12-27-18)22-8-10-26-11-9-22)21-20(23)16-7-6-15(24-2)13-17(16)25-3/h4-7,12-14,19H,8-11H2,1-3H3,(H,21,23)/t14-,19+/m1/s1. The second kappa shape index (κ2) is 9.21. The van der Waals surface area contributed by atoms with Crippen molar-refractivity contribution < 1.29 is 19.0 Å². The van der Waals surface area contributed by atoms with Gasteiger partial charge in [0.25, 0.3) is 5.91 Å².